The summed E-state index contributed by atoms with van der Waals surface area (Å²) in [6, 6.07) is 16.3. The molecule has 0 unspecified atom stereocenters. The first kappa shape index (κ1) is 18.6. The van der Waals surface area contributed by atoms with Gasteiger partial charge in [-0.15, -0.1) is 0 Å². The van der Waals surface area contributed by atoms with Gasteiger partial charge in [0.2, 0.25) is 5.91 Å². The van der Waals surface area contributed by atoms with Gasteiger partial charge in [-0.05, 0) is 30.5 Å². The molecule has 0 radical (unpaired) electrons. The molecule has 2 aromatic rings. The second-order valence-corrected chi connectivity index (χ2v) is 6.61. The quantitative estimate of drug-likeness (QED) is 0.820. The van der Waals surface area contributed by atoms with Crippen molar-refractivity contribution in [2.45, 2.75) is 31.3 Å². The van der Waals surface area contributed by atoms with Crippen molar-refractivity contribution < 1.29 is 19.5 Å². The van der Waals surface area contributed by atoms with Crippen LogP contribution in [-0.4, -0.2) is 46.4 Å². The average molecular weight is 366 g/mol. The lowest BCUT2D eigenvalue weighted by atomic mass is 10.1. The van der Waals surface area contributed by atoms with Gasteiger partial charge < -0.3 is 15.3 Å². The minimum atomic E-state index is -1.09. The highest BCUT2D eigenvalue weighted by Gasteiger charge is 2.36. The van der Waals surface area contributed by atoms with E-state index in [2.05, 4.69) is 5.32 Å². The Morgan fingerprint density at radius 1 is 1.04 bits per heavy atom. The Morgan fingerprint density at radius 3 is 2.30 bits per heavy atom. The molecule has 0 aliphatic carbocycles. The van der Waals surface area contributed by atoms with Gasteiger partial charge in [-0.2, -0.15) is 0 Å². The fourth-order valence-corrected chi connectivity index (χ4v) is 3.35. The van der Waals surface area contributed by atoms with Crippen molar-refractivity contribution in [3.8, 4) is 0 Å². The highest BCUT2D eigenvalue weighted by molar-refractivity contribution is 5.98. The third-order valence-electron chi connectivity index (χ3n) is 4.73. The molecule has 3 rings (SSSR count). The summed E-state index contributed by atoms with van der Waals surface area (Å²) >= 11 is 0. The summed E-state index contributed by atoms with van der Waals surface area (Å²) in [6.07, 6.45) is 1.44. The Labute approximate surface area is 157 Å². The number of carboxylic acids is 1. The smallest absolute Gasteiger partial charge is 0.326 e. The van der Waals surface area contributed by atoms with E-state index in [1.54, 1.807) is 24.3 Å². The SMILES string of the molecule is O=C(O)[C@H](Cc1ccccc1)NC(=O)[C@@H]1CCCN1C(=O)c1ccccc1. The first-order chi connectivity index (χ1) is 13.1. The maximum atomic E-state index is 12.7. The highest BCUT2D eigenvalue weighted by atomic mass is 16.4. The Morgan fingerprint density at radius 2 is 1.67 bits per heavy atom. The summed E-state index contributed by atoms with van der Waals surface area (Å²) < 4.78 is 0. The van der Waals surface area contributed by atoms with Crippen molar-refractivity contribution in [3.63, 3.8) is 0 Å². The van der Waals surface area contributed by atoms with Crippen LogP contribution in [-0.2, 0) is 16.0 Å². The maximum absolute atomic E-state index is 12.7. The number of benzene rings is 2. The van der Waals surface area contributed by atoms with Gasteiger partial charge >= 0.3 is 5.97 Å². The van der Waals surface area contributed by atoms with E-state index in [-0.39, 0.29) is 12.3 Å². The molecular formula is C21H22N2O4. The van der Waals surface area contributed by atoms with Crippen molar-refractivity contribution in [3.05, 3.63) is 71.8 Å². The van der Waals surface area contributed by atoms with Gasteiger partial charge in [0.25, 0.3) is 5.91 Å². The Hall–Kier alpha value is -3.15. The number of nitrogens with one attached hydrogen (secondary N) is 1. The molecule has 27 heavy (non-hydrogen) atoms. The lowest BCUT2D eigenvalue weighted by Crippen LogP contribution is -2.51. The monoisotopic (exact) mass is 366 g/mol. The maximum Gasteiger partial charge on any atom is 0.326 e. The van der Waals surface area contributed by atoms with Crippen LogP contribution in [0, 0.1) is 0 Å². The van der Waals surface area contributed by atoms with Crippen LogP contribution < -0.4 is 5.32 Å². The summed E-state index contributed by atoms with van der Waals surface area (Å²) in [7, 11) is 0. The molecule has 2 amide bonds. The lowest BCUT2D eigenvalue weighted by molar-refractivity contribution is -0.142. The lowest BCUT2D eigenvalue weighted by Gasteiger charge is -2.25. The Balaban J connectivity index is 1.69. The van der Waals surface area contributed by atoms with E-state index < -0.39 is 24.0 Å². The van der Waals surface area contributed by atoms with Gasteiger partial charge in [0.05, 0.1) is 0 Å². The third kappa shape index (κ3) is 4.53. The number of hydrogen-bond donors (Lipinski definition) is 2. The molecule has 0 spiro atoms. The number of likely N-dealkylation sites (tertiary alicyclic amines) is 1. The number of hydrogen-bond acceptors (Lipinski definition) is 3. The number of aliphatic carboxylic acids is 1. The van der Waals surface area contributed by atoms with Crippen LogP contribution in [0.3, 0.4) is 0 Å². The van der Waals surface area contributed by atoms with Crippen LogP contribution in [0.25, 0.3) is 0 Å². The molecule has 2 atom stereocenters. The second-order valence-electron chi connectivity index (χ2n) is 6.61. The number of nitrogens with zero attached hydrogens (tertiary/aromatic N) is 1. The Kier molecular flexibility index (Phi) is 5.86. The van der Waals surface area contributed by atoms with Crippen LogP contribution in [0.4, 0.5) is 0 Å². The van der Waals surface area contributed by atoms with Crippen LogP contribution in [0.2, 0.25) is 0 Å². The molecule has 1 heterocycles. The normalized spacial score (nSPS) is 17.3. The molecular weight excluding hydrogens is 344 g/mol. The minimum Gasteiger partial charge on any atom is -0.480 e. The van der Waals surface area contributed by atoms with Crippen molar-refractivity contribution >= 4 is 17.8 Å². The molecule has 140 valence electrons. The van der Waals surface area contributed by atoms with Gasteiger partial charge in [-0.25, -0.2) is 4.79 Å². The van der Waals surface area contributed by atoms with Gasteiger partial charge in [-0.3, -0.25) is 9.59 Å². The number of amides is 2. The molecule has 6 heteroatoms. The summed E-state index contributed by atoms with van der Waals surface area (Å²) in [5.74, 6) is -1.71. The van der Waals surface area contributed by atoms with Crippen molar-refractivity contribution in [1.82, 2.24) is 10.2 Å². The molecule has 2 aromatic carbocycles. The molecule has 1 saturated heterocycles. The van der Waals surface area contributed by atoms with E-state index in [1.165, 1.54) is 4.90 Å². The van der Waals surface area contributed by atoms with Gasteiger partial charge in [-0.1, -0.05) is 48.5 Å². The highest BCUT2D eigenvalue weighted by Crippen LogP contribution is 2.20. The van der Waals surface area contributed by atoms with E-state index >= 15 is 0 Å². The molecule has 0 bridgehead atoms. The fraction of sp³-hybridized carbons (Fsp3) is 0.286. The number of carbonyl (C=O) groups is 3. The van der Waals surface area contributed by atoms with Gasteiger partial charge in [0, 0.05) is 18.5 Å². The average Bonchev–Trinajstić information content (AvgIpc) is 3.18. The van der Waals surface area contributed by atoms with E-state index in [0.29, 0.717) is 24.9 Å². The fourth-order valence-electron chi connectivity index (χ4n) is 3.35. The molecule has 1 fully saturated rings. The zero-order valence-electron chi connectivity index (χ0n) is 14.9. The van der Waals surface area contributed by atoms with Crippen LogP contribution in [0.5, 0.6) is 0 Å². The van der Waals surface area contributed by atoms with Crippen LogP contribution in [0.15, 0.2) is 60.7 Å². The van der Waals surface area contributed by atoms with E-state index in [4.69, 9.17) is 0 Å². The van der Waals surface area contributed by atoms with Crippen molar-refractivity contribution in [1.29, 1.82) is 0 Å². The van der Waals surface area contributed by atoms with E-state index in [1.807, 2.05) is 36.4 Å². The molecule has 6 nitrogen and oxygen atoms in total. The molecule has 0 saturated carbocycles. The predicted molar refractivity (Wildman–Crippen MR) is 100 cm³/mol. The molecule has 1 aliphatic rings. The Bertz CT molecular complexity index is 807. The summed E-state index contributed by atoms with van der Waals surface area (Å²) in [4.78, 5) is 38.6. The minimum absolute atomic E-state index is 0.196. The van der Waals surface area contributed by atoms with Gasteiger partial charge in [0.1, 0.15) is 12.1 Å². The summed E-state index contributed by atoms with van der Waals surface area (Å²) in [5, 5.41) is 12.1. The summed E-state index contributed by atoms with van der Waals surface area (Å²) in [6.45, 7) is 0.488. The first-order valence-corrected chi connectivity index (χ1v) is 8.99. The molecule has 0 aromatic heterocycles. The van der Waals surface area contributed by atoms with Crippen molar-refractivity contribution in [2.75, 3.05) is 6.54 Å². The predicted octanol–water partition coefficient (Wildman–Crippen LogP) is 2.10. The largest absolute Gasteiger partial charge is 0.480 e. The zero-order chi connectivity index (χ0) is 19.2. The first-order valence-electron chi connectivity index (χ1n) is 8.99. The van der Waals surface area contributed by atoms with E-state index in [9.17, 15) is 19.5 Å². The second kappa shape index (κ2) is 8.49. The third-order valence-corrected chi connectivity index (χ3v) is 4.73. The standard InChI is InChI=1S/C21H22N2O4/c24-19(22-17(21(26)27)14-15-8-3-1-4-9-15)18-12-7-13-23(18)20(25)16-10-5-2-6-11-16/h1-6,8-11,17-18H,7,12-14H2,(H,22,24)(H,26,27)/t17-,18-/m0/s1. The zero-order valence-corrected chi connectivity index (χ0v) is 14.9. The molecule has 1 aliphatic heterocycles. The summed E-state index contributed by atoms with van der Waals surface area (Å²) in [5.41, 5.74) is 1.35. The van der Waals surface area contributed by atoms with Crippen LogP contribution in [0.1, 0.15) is 28.8 Å². The van der Waals surface area contributed by atoms with Crippen LogP contribution >= 0.6 is 0 Å². The number of rotatable bonds is 6. The topological polar surface area (TPSA) is 86.7 Å². The number of carboxylic acid groups (broad SMARTS) is 1. The van der Waals surface area contributed by atoms with Gasteiger partial charge in [0.15, 0.2) is 0 Å². The number of carbonyl (C=O) groups excluding carboxylic acids is 2. The van der Waals surface area contributed by atoms with Crippen molar-refractivity contribution in [2.24, 2.45) is 0 Å². The molecule has 2 N–H and O–H groups in total. The van der Waals surface area contributed by atoms with E-state index in [0.717, 1.165) is 5.56 Å².